The van der Waals surface area contributed by atoms with E-state index in [2.05, 4.69) is 0 Å². The van der Waals surface area contributed by atoms with E-state index in [4.69, 9.17) is 5.73 Å². The molecule has 4 heteroatoms. The summed E-state index contributed by atoms with van der Waals surface area (Å²) in [7, 11) is 0. The van der Waals surface area contributed by atoms with Crippen LogP contribution in [0, 0.1) is 0 Å². The van der Waals surface area contributed by atoms with Gasteiger partial charge in [-0.3, -0.25) is 4.79 Å². The van der Waals surface area contributed by atoms with E-state index in [0.29, 0.717) is 12.2 Å². The van der Waals surface area contributed by atoms with Gasteiger partial charge >= 0.3 is 0 Å². The number of carbonyl (C=O) groups is 1. The molecule has 18 heavy (non-hydrogen) atoms. The zero-order chi connectivity index (χ0) is 13.0. The highest BCUT2D eigenvalue weighted by Crippen LogP contribution is 2.11. The van der Waals surface area contributed by atoms with Crippen molar-refractivity contribution < 1.29 is 9.90 Å². The molecule has 0 aromatic heterocycles. The molecule has 4 nitrogen and oxygen atoms in total. The van der Waals surface area contributed by atoms with Crippen LogP contribution in [0.3, 0.4) is 0 Å². The largest absolute Gasteiger partial charge is 0.399 e. The number of benzene rings is 1. The number of nitrogens with two attached hydrogens (primary N) is 1. The average Bonchev–Trinajstić information content (AvgIpc) is 2.38. The molecule has 3 N–H and O–H groups in total. The number of likely N-dealkylation sites (tertiary alicyclic amines) is 1. The third-order valence-corrected chi connectivity index (χ3v) is 3.06. The normalized spacial score (nSPS) is 20.3. The van der Waals surface area contributed by atoms with Gasteiger partial charge in [0, 0.05) is 24.9 Å². The molecule has 0 aliphatic carbocycles. The second-order valence-corrected chi connectivity index (χ2v) is 4.58. The Labute approximate surface area is 107 Å². The summed E-state index contributed by atoms with van der Waals surface area (Å²) in [5.41, 5.74) is 7.23. The molecule has 1 aromatic carbocycles. The Morgan fingerprint density at radius 3 is 2.78 bits per heavy atom. The van der Waals surface area contributed by atoms with Gasteiger partial charge in [0.25, 0.3) is 0 Å². The summed E-state index contributed by atoms with van der Waals surface area (Å²) < 4.78 is 0. The van der Waals surface area contributed by atoms with Crippen LogP contribution in [0.2, 0.25) is 0 Å². The summed E-state index contributed by atoms with van der Waals surface area (Å²) in [6.07, 6.45) is 4.58. The van der Waals surface area contributed by atoms with Gasteiger partial charge in [-0.15, -0.1) is 0 Å². The Morgan fingerprint density at radius 2 is 2.11 bits per heavy atom. The molecule has 0 bridgehead atoms. The molecule has 0 spiro atoms. The van der Waals surface area contributed by atoms with Crippen molar-refractivity contribution in [2.45, 2.75) is 18.9 Å². The molecule has 1 atom stereocenters. The maximum absolute atomic E-state index is 11.9. The minimum Gasteiger partial charge on any atom is -0.399 e. The van der Waals surface area contributed by atoms with Crippen LogP contribution in [0.4, 0.5) is 5.69 Å². The number of hydrogen-bond acceptors (Lipinski definition) is 3. The fourth-order valence-electron chi connectivity index (χ4n) is 2.03. The molecule has 0 saturated carbocycles. The van der Waals surface area contributed by atoms with Gasteiger partial charge in [-0.25, -0.2) is 0 Å². The lowest BCUT2D eigenvalue weighted by atomic mass is 10.1. The zero-order valence-corrected chi connectivity index (χ0v) is 10.2. The fourth-order valence-corrected chi connectivity index (χ4v) is 2.03. The second kappa shape index (κ2) is 5.69. The lowest BCUT2D eigenvalue weighted by Crippen LogP contribution is -2.41. The first-order valence-corrected chi connectivity index (χ1v) is 6.16. The number of nitrogen functional groups attached to an aromatic ring is 1. The average molecular weight is 246 g/mol. The monoisotopic (exact) mass is 246 g/mol. The molecule has 96 valence electrons. The lowest BCUT2D eigenvalue weighted by Gasteiger charge is -2.29. The van der Waals surface area contributed by atoms with E-state index in [9.17, 15) is 9.90 Å². The number of nitrogens with zero attached hydrogens (tertiary/aromatic N) is 1. The number of β-amino-alcohol motifs (C(OH)–C–C–N with tert-alkyl or cyclic N) is 1. The minimum atomic E-state index is -0.382. The van der Waals surface area contributed by atoms with Crippen LogP contribution in [0.25, 0.3) is 6.08 Å². The van der Waals surface area contributed by atoms with Crippen molar-refractivity contribution in [2.75, 3.05) is 18.8 Å². The standard InChI is InChI=1S/C14H18N2O2/c15-12-6-3-11(4-7-12)5-8-14(18)16-9-1-2-13(17)10-16/h3-8,13,17H,1-2,9-10,15H2/b8-5+/t13-/m0/s1. The molecule has 1 aromatic rings. The Morgan fingerprint density at radius 1 is 1.39 bits per heavy atom. The Hall–Kier alpha value is -1.81. The molecule has 2 rings (SSSR count). The first-order chi connectivity index (χ1) is 8.65. The number of aliphatic hydroxyl groups excluding tert-OH is 1. The Bertz CT molecular complexity index is 440. The molecule has 1 heterocycles. The Kier molecular flexibility index (Phi) is 3.99. The number of anilines is 1. The van der Waals surface area contributed by atoms with Crippen molar-refractivity contribution in [1.82, 2.24) is 4.90 Å². The number of piperidine rings is 1. The second-order valence-electron chi connectivity index (χ2n) is 4.58. The summed E-state index contributed by atoms with van der Waals surface area (Å²) in [5, 5.41) is 9.51. The van der Waals surface area contributed by atoms with Crippen molar-refractivity contribution >= 4 is 17.7 Å². The highest BCUT2D eigenvalue weighted by atomic mass is 16.3. The maximum atomic E-state index is 11.9. The third kappa shape index (κ3) is 3.34. The molecule has 0 radical (unpaired) electrons. The highest BCUT2D eigenvalue weighted by Gasteiger charge is 2.20. The topological polar surface area (TPSA) is 66.6 Å². The van der Waals surface area contributed by atoms with Gasteiger partial charge in [0.2, 0.25) is 5.91 Å². The minimum absolute atomic E-state index is 0.0504. The van der Waals surface area contributed by atoms with Crippen LogP contribution in [-0.4, -0.2) is 35.1 Å². The third-order valence-electron chi connectivity index (χ3n) is 3.06. The van der Waals surface area contributed by atoms with Gasteiger partial charge in [-0.1, -0.05) is 12.1 Å². The summed E-state index contributed by atoms with van der Waals surface area (Å²) in [6.45, 7) is 1.16. The fraction of sp³-hybridized carbons (Fsp3) is 0.357. The smallest absolute Gasteiger partial charge is 0.246 e. The summed E-state index contributed by atoms with van der Waals surface area (Å²) >= 11 is 0. The van der Waals surface area contributed by atoms with Gasteiger partial charge in [-0.2, -0.15) is 0 Å². The van der Waals surface area contributed by atoms with Gasteiger partial charge < -0.3 is 15.7 Å². The van der Waals surface area contributed by atoms with E-state index < -0.39 is 0 Å². The number of aliphatic hydroxyl groups is 1. The number of carbonyl (C=O) groups excluding carboxylic acids is 1. The van der Waals surface area contributed by atoms with E-state index in [-0.39, 0.29) is 12.0 Å². The number of amides is 1. The summed E-state index contributed by atoms with van der Waals surface area (Å²) in [6, 6.07) is 7.33. The van der Waals surface area contributed by atoms with Gasteiger partial charge in [0.05, 0.1) is 6.10 Å². The summed E-state index contributed by atoms with van der Waals surface area (Å²) in [4.78, 5) is 13.6. The summed E-state index contributed by atoms with van der Waals surface area (Å²) in [5.74, 6) is -0.0504. The quantitative estimate of drug-likeness (QED) is 0.610. The highest BCUT2D eigenvalue weighted by molar-refractivity contribution is 5.91. The van der Waals surface area contributed by atoms with E-state index in [0.717, 1.165) is 24.9 Å². The molecule has 1 amide bonds. The predicted octanol–water partition coefficient (Wildman–Crippen LogP) is 1.27. The van der Waals surface area contributed by atoms with Crippen LogP contribution in [-0.2, 0) is 4.79 Å². The van der Waals surface area contributed by atoms with Crippen molar-refractivity contribution in [3.05, 3.63) is 35.9 Å². The molecule has 1 aliphatic heterocycles. The van der Waals surface area contributed by atoms with Crippen LogP contribution in [0.15, 0.2) is 30.3 Å². The molecule has 1 aliphatic rings. The first-order valence-electron chi connectivity index (χ1n) is 6.16. The first kappa shape index (κ1) is 12.6. The lowest BCUT2D eigenvalue weighted by molar-refractivity contribution is -0.128. The van der Waals surface area contributed by atoms with E-state index in [1.165, 1.54) is 0 Å². The number of rotatable bonds is 2. The van der Waals surface area contributed by atoms with Crippen molar-refractivity contribution in [2.24, 2.45) is 0 Å². The van der Waals surface area contributed by atoms with Crippen LogP contribution < -0.4 is 5.73 Å². The molecule has 1 saturated heterocycles. The van der Waals surface area contributed by atoms with Crippen LogP contribution >= 0.6 is 0 Å². The SMILES string of the molecule is Nc1ccc(/C=C/C(=O)N2CCC[C@H](O)C2)cc1. The Balaban J connectivity index is 1.96. The van der Waals surface area contributed by atoms with Gasteiger partial charge in [0.15, 0.2) is 0 Å². The van der Waals surface area contributed by atoms with Crippen LogP contribution in [0.5, 0.6) is 0 Å². The van der Waals surface area contributed by atoms with Crippen molar-refractivity contribution in [1.29, 1.82) is 0 Å². The maximum Gasteiger partial charge on any atom is 0.246 e. The van der Waals surface area contributed by atoms with E-state index in [1.54, 1.807) is 29.2 Å². The molecule has 0 unspecified atom stereocenters. The van der Waals surface area contributed by atoms with Gasteiger partial charge in [0.1, 0.15) is 0 Å². The molecular weight excluding hydrogens is 228 g/mol. The van der Waals surface area contributed by atoms with Crippen LogP contribution in [0.1, 0.15) is 18.4 Å². The number of hydrogen-bond donors (Lipinski definition) is 2. The van der Waals surface area contributed by atoms with E-state index in [1.807, 2.05) is 12.1 Å². The molecular formula is C14H18N2O2. The zero-order valence-electron chi connectivity index (χ0n) is 10.2. The van der Waals surface area contributed by atoms with Gasteiger partial charge in [-0.05, 0) is 36.6 Å². The van der Waals surface area contributed by atoms with Crippen molar-refractivity contribution in [3.63, 3.8) is 0 Å². The van der Waals surface area contributed by atoms with E-state index >= 15 is 0 Å². The molecule has 1 fully saturated rings. The van der Waals surface area contributed by atoms with Crippen molar-refractivity contribution in [3.8, 4) is 0 Å². The predicted molar refractivity (Wildman–Crippen MR) is 71.7 cm³/mol.